The Hall–Kier alpha value is -0.240. The van der Waals surface area contributed by atoms with Crippen LogP contribution in [0.2, 0.25) is 0 Å². The Morgan fingerprint density at radius 1 is 0.225 bits per heavy atom. The van der Waals surface area contributed by atoms with Crippen LogP contribution in [0.3, 0.4) is 0 Å². The van der Waals surface area contributed by atoms with Crippen molar-refractivity contribution in [3.63, 3.8) is 0 Å². The van der Waals surface area contributed by atoms with Gasteiger partial charge in [-0.3, -0.25) is 0 Å². The molecule has 0 aliphatic heterocycles. The van der Waals surface area contributed by atoms with Crippen LogP contribution in [0.1, 0.15) is 167 Å². The van der Waals surface area contributed by atoms with Crippen molar-refractivity contribution >= 4 is 0 Å². The minimum atomic E-state index is -0.850. The Bertz CT molecular complexity index is 432. The quantitative estimate of drug-likeness (QED) is 0.0574. The first kappa shape index (κ1) is 39.8. The summed E-state index contributed by atoms with van der Waals surface area (Å²) in [5.41, 5.74) is 0. The van der Waals surface area contributed by atoms with Gasteiger partial charge in [-0.05, 0) is 12.8 Å². The van der Waals surface area contributed by atoms with E-state index in [0.29, 0.717) is 0 Å². The maximum Gasteiger partial charge on any atom is 0.282 e. The molecule has 0 aliphatic carbocycles. The molecule has 0 spiro atoms. The summed E-state index contributed by atoms with van der Waals surface area (Å²) in [6.45, 7) is 0. The van der Waals surface area contributed by atoms with Gasteiger partial charge < -0.3 is 28.4 Å². The highest BCUT2D eigenvalue weighted by Crippen LogP contribution is 2.23. The zero-order valence-corrected chi connectivity index (χ0v) is 27.8. The van der Waals surface area contributed by atoms with Crippen LogP contribution in [0.25, 0.3) is 0 Å². The van der Waals surface area contributed by atoms with Gasteiger partial charge in [0.25, 0.3) is 11.9 Å². The molecule has 0 aromatic heterocycles. The van der Waals surface area contributed by atoms with E-state index in [0.717, 1.165) is 25.7 Å². The third-order valence-electron chi connectivity index (χ3n) is 8.58. The van der Waals surface area contributed by atoms with Crippen molar-refractivity contribution in [3.05, 3.63) is 0 Å². The monoisotopic (exact) mass is 575 g/mol. The van der Waals surface area contributed by atoms with E-state index in [9.17, 15) is 0 Å². The molecule has 0 radical (unpaired) electrons. The molecule has 6 nitrogen and oxygen atoms in total. The molecule has 0 heterocycles. The average molecular weight is 575 g/mol. The van der Waals surface area contributed by atoms with Gasteiger partial charge in [0.05, 0.1) is 0 Å². The second-order valence-corrected chi connectivity index (χ2v) is 11.6. The fourth-order valence-electron chi connectivity index (χ4n) is 5.68. The van der Waals surface area contributed by atoms with Crippen molar-refractivity contribution in [1.29, 1.82) is 0 Å². The third-order valence-corrected chi connectivity index (χ3v) is 8.58. The van der Waals surface area contributed by atoms with Crippen molar-refractivity contribution in [3.8, 4) is 0 Å². The number of ether oxygens (including phenoxy) is 6. The maximum atomic E-state index is 5.35. The highest BCUT2D eigenvalue weighted by atomic mass is 16.9. The van der Waals surface area contributed by atoms with E-state index in [2.05, 4.69) is 0 Å². The van der Waals surface area contributed by atoms with Gasteiger partial charge in [0.15, 0.2) is 0 Å². The predicted molar refractivity (Wildman–Crippen MR) is 168 cm³/mol. The van der Waals surface area contributed by atoms with Crippen LogP contribution in [0, 0.1) is 0 Å². The molecule has 242 valence electrons. The fourth-order valence-corrected chi connectivity index (χ4v) is 5.68. The van der Waals surface area contributed by atoms with Crippen LogP contribution in [0.5, 0.6) is 0 Å². The number of rotatable bonds is 33. The first-order valence-corrected chi connectivity index (χ1v) is 16.9. The van der Waals surface area contributed by atoms with Crippen LogP contribution in [-0.4, -0.2) is 54.6 Å². The summed E-state index contributed by atoms with van der Waals surface area (Å²) in [6.07, 6.45) is 34.2. The van der Waals surface area contributed by atoms with Crippen LogP contribution in [0.15, 0.2) is 0 Å². The lowest BCUT2D eigenvalue weighted by Crippen LogP contribution is -2.35. The fraction of sp³-hybridized carbons (Fsp3) is 1.00. The maximum absolute atomic E-state index is 5.35. The highest BCUT2D eigenvalue weighted by Gasteiger charge is 2.29. The summed E-state index contributed by atoms with van der Waals surface area (Å²) < 4.78 is 32.1. The van der Waals surface area contributed by atoms with Gasteiger partial charge in [-0.2, -0.15) is 0 Å². The molecule has 0 amide bonds. The summed E-state index contributed by atoms with van der Waals surface area (Å²) in [7, 11) is 9.85. The van der Waals surface area contributed by atoms with E-state index in [4.69, 9.17) is 28.4 Å². The Kier molecular flexibility index (Phi) is 28.7. The second-order valence-electron chi connectivity index (χ2n) is 11.6. The molecule has 6 heteroatoms. The van der Waals surface area contributed by atoms with E-state index in [-0.39, 0.29) is 0 Å². The Balaban J connectivity index is 3.24. The molecule has 0 saturated heterocycles. The van der Waals surface area contributed by atoms with Gasteiger partial charge >= 0.3 is 0 Å². The summed E-state index contributed by atoms with van der Waals surface area (Å²) >= 11 is 0. The van der Waals surface area contributed by atoms with Crippen LogP contribution in [0.4, 0.5) is 0 Å². The lowest BCUT2D eigenvalue weighted by molar-refractivity contribution is -0.355. The SMILES string of the molecule is COC(CCCCCCCCCCCCCCCCCCCCCCCCCCC(OC)(OC)OC)(OC)OC. The second kappa shape index (κ2) is 28.9. The largest absolute Gasteiger partial charge is 0.331 e. The smallest absolute Gasteiger partial charge is 0.282 e. The number of hydrogen-bond acceptors (Lipinski definition) is 6. The van der Waals surface area contributed by atoms with Gasteiger partial charge in [-0.1, -0.05) is 141 Å². The van der Waals surface area contributed by atoms with Gasteiger partial charge in [0.1, 0.15) is 0 Å². The van der Waals surface area contributed by atoms with E-state index in [1.54, 1.807) is 42.7 Å². The van der Waals surface area contributed by atoms with Crippen LogP contribution >= 0.6 is 0 Å². The Morgan fingerprint density at radius 2 is 0.350 bits per heavy atom. The van der Waals surface area contributed by atoms with Crippen molar-refractivity contribution in [2.45, 2.75) is 179 Å². The van der Waals surface area contributed by atoms with Crippen molar-refractivity contribution in [2.75, 3.05) is 42.7 Å². The molecule has 0 rings (SSSR count). The van der Waals surface area contributed by atoms with Crippen LogP contribution in [-0.2, 0) is 28.4 Å². The van der Waals surface area contributed by atoms with E-state index < -0.39 is 11.9 Å². The number of hydrogen-bond donors (Lipinski definition) is 0. The first-order valence-electron chi connectivity index (χ1n) is 16.9. The molecular weight excluding hydrogens is 504 g/mol. The number of unbranched alkanes of at least 4 members (excludes halogenated alkanes) is 23. The summed E-state index contributed by atoms with van der Waals surface area (Å²) in [5, 5.41) is 0. The Labute approximate surface area is 249 Å². The van der Waals surface area contributed by atoms with Crippen molar-refractivity contribution in [1.82, 2.24) is 0 Å². The molecule has 0 aromatic rings. The zero-order chi connectivity index (χ0) is 29.6. The summed E-state index contributed by atoms with van der Waals surface area (Å²) in [4.78, 5) is 0. The van der Waals surface area contributed by atoms with Gasteiger partial charge in [0, 0.05) is 55.5 Å². The normalized spacial score (nSPS) is 12.4. The predicted octanol–water partition coefficient (Wildman–Crippen LogP) is 10.3. The van der Waals surface area contributed by atoms with Gasteiger partial charge in [-0.15, -0.1) is 0 Å². The average Bonchev–Trinajstić information content (AvgIpc) is 2.99. The minimum absolute atomic E-state index is 0.793. The van der Waals surface area contributed by atoms with E-state index >= 15 is 0 Å². The number of methoxy groups -OCH3 is 6. The standard InChI is InChI=1S/C34H70O6/c1-35-33(36-2,37-3)31-29-27-25-23-21-19-17-15-13-11-9-7-8-10-12-14-16-18-20-22-24-26-28-30-32-34(38-4,39-5)40-6/h7-32H2,1-6H3. The molecule has 0 bridgehead atoms. The lowest BCUT2D eigenvalue weighted by atomic mass is 10.0. The van der Waals surface area contributed by atoms with Crippen LogP contribution < -0.4 is 0 Å². The van der Waals surface area contributed by atoms with Crippen molar-refractivity contribution in [2.24, 2.45) is 0 Å². The summed E-state index contributed by atoms with van der Waals surface area (Å²) in [5.74, 6) is -1.70. The third kappa shape index (κ3) is 21.5. The highest BCUT2D eigenvalue weighted by molar-refractivity contribution is 4.58. The molecule has 0 unspecified atom stereocenters. The molecule has 40 heavy (non-hydrogen) atoms. The molecule has 0 aliphatic rings. The van der Waals surface area contributed by atoms with E-state index in [1.165, 1.54) is 141 Å². The van der Waals surface area contributed by atoms with E-state index in [1.807, 2.05) is 0 Å². The lowest BCUT2D eigenvalue weighted by Gasteiger charge is -2.28. The molecule has 0 saturated carbocycles. The first-order chi connectivity index (χ1) is 19.6. The molecule has 0 N–H and O–H groups in total. The zero-order valence-electron chi connectivity index (χ0n) is 27.8. The van der Waals surface area contributed by atoms with Gasteiger partial charge in [-0.25, -0.2) is 0 Å². The topological polar surface area (TPSA) is 55.4 Å². The Morgan fingerprint density at radius 3 is 0.475 bits per heavy atom. The molecular formula is C34H70O6. The minimum Gasteiger partial charge on any atom is -0.331 e. The van der Waals surface area contributed by atoms with Crippen molar-refractivity contribution < 1.29 is 28.4 Å². The summed E-state index contributed by atoms with van der Waals surface area (Å²) in [6, 6.07) is 0. The molecule has 0 atom stereocenters. The molecule has 0 aromatic carbocycles. The molecule has 0 fully saturated rings. The van der Waals surface area contributed by atoms with Gasteiger partial charge in [0.2, 0.25) is 0 Å².